The lowest BCUT2D eigenvalue weighted by atomic mass is 9.94. The van der Waals surface area contributed by atoms with Crippen LogP contribution in [0.5, 0.6) is 0 Å². The fourth-order valence-electron chi connectivity index (χ4n) is 3.67. The van der Waals surface area contributed by atoms with Crippen LogP contribution in [-0.2, 0) is 14.3 Å². The van der Waals surface area contributed by atoms with Gasteiger partial charge >= 0.3 is 0 Å². The lowest BCUT2D eigenvalue weighted by Gasteiger charge is -2.19. The summed E-state index contributed by atoms with van der Waals surface area (Å²) in [6.45, 7) is 7.25. The van der Waals surface area contributed by atoms with Crippen LogP contribution < -0.4 is 5.32 Å². The molecular formula is C22H43NO3. The molecule has 1 aliphatic carbocycles. The van der Waals surface area contributed by atoms with Crippen LogP contribution in [0, 0.1) is 5.92 Å². The van der Waals surface area contributed by atoms with E-state index in [2.05, 4.69) is 19.2 Å². The molecule has 1 N–H and O–H groups in total. The van der Waals surface area contributed by atoms with E-state index in [1.807, 2.05) is 0 Å². The minimum Gasteiger partial charge on any atom is -0.379 e. The number of ether oxygens (including phenoxy) is 2. The Kier molecular flexibility index (Phi) is 14.9. The van der Waals surface area contributed by atoms with Gasteiger partial charge in [0.15, 0.2) is 0 Å². The summed E-state index contributed by atoms with van der Waals surface area (Å²) in [5.41, 5.74) is 0. The van der Waals surface area contributed by atoms with Gasteiger partial charge in [-0.1, -0.05) is 58.8 Å². The van der Waals surface area contributed by atoms with Crippen LogP contribution in [0.15, 0.2) is 0 Å². The molecule has 0 aromatic carbocycles. The summed E-state index contributed by atoms with van der Waals surface area (Å²) >= 11 is 0. The molecular weight excluding hydrogens is 326 g/mol. The molecule has 1 amide bonds. The van der Waals surface area contributed by atoms with Crippen LogP contribution in [0.4, 0.5) is 0 Å². The van der Waals surface area contributed by atoms with Gasteiger partial charge in [-0.2, -0.15) is 0 Å². The second-order valence-corrected chi connectivity index (χ2v) is 7.76. The van der Waals surface area contributed by atoms with Crippen molar-refractivity contribution in [3.05, 3.63) is 0 Å². The minimum atomic E-state index is 0.173. The van der Waals surface area contributed by atoms with E-state index in [-0.39, 0.29) is 5.91 Å². The Morgan fingerprint density at radius 3 is 2.58 bits per heavy atom. The molecule has 1 fully saturated rings. The van der Waals surface area contributed by atoms with E-state index < -0.39 is 0 Å². The van der Waals surface area contributed by atoms with Gasteiger partial charge in [0.2, 0.25) is 5.91 Å². The average molecular weight is 370 g/mol. The van der Waals surface area contributed by atoms with Crippen LogP contribution in [0.25, 0.3) is 0 Å². The van der Waals surface area contributed by atoms with Gasteiger partial charge in [-0.05, 0) is 38.0 Å². The van der Waals surface area contributed by atoms with E-state index in [1.165, 1.54) is 51.4 Å². The number of nitrogens with one attached hydrogen (secondary N) is 1. The maximum atomic E-state index is 11.6. The van der Waals surface area contributed by atoms with Gasteiger partial charge < -0.3 is 14.8 Å². The Hall–Kier alpha value is -0.610. The Morgan fingerprint density at radius 2 is 1.77 bits per heavy atom. The Morgan fingerprint density at radius 1 is 0.923 bits per heavy atom. The third-order valence-electron chi connectivity index (χ3n) is 5.49. The van der Waals surface area contributed by atoms with E-state index in [0.29, 0.717) is 38.9 Å². The zero-order valence-electron chi connectivity index (χ0n) is 17.4. The van der Waals surface area contributed by atoms with Gasteiger partial charge in [0.05, 0.1) is 19.3 Å². The summed E-state index contributed by atoms with van der Waals surface area (Å²) in [6.07, 6.45) is 15.8. The second kappa shape index (κ2) is 16.6. The first kappa shape index (κ1) is 23.4. The van der Waals surface area contributed by atoms with E-state index >= 15 is 0 Å². The summed E-state index contributed by atoms with van der Waals surface area (Å²) in [4.78, 5) is 11.6. The fraction of sp³-hybridized carbons (Fsp3) is 0.955. The number of carbonyl (C=O) groups excluding carboxylic acids is 1. The number of carbonyl (C=O) groups is 1. The highest BCUT2D eigenvalue weighted by Gasteiger charge is 2.15. The first-order valence-electron chi connectivity index (χ1n) is 11.2. The molecule has 154 valence electrons. The van der Waals surface area contributed by atoms with Crippen LogP contribution in [0.1, 0.15) is 97.3 Å². The largest absolute Gasteiger partial charge is 0.379 e. The first-order valence-corrected chi connectivity index (χ1v) is 11.2. The zero-order valence-corrected chi connectivity index (χ0v) is 17.4. The SMILES string of the molecule is CCCCCC(=O)NCCCOCCOC1CCCCCC(CC)CC1. The summed E-state index contributed by atoms with van der Waals surface area (Å²) < 4.78 is 11.7. The van der Waals surface area contributed by atoms with E-state index in [1.54, 1.807) is 0 Å². The van der Waals surface area contributed by atoms with Gasteiger partial charge in [-0.3, -0.25) is 4.79 Å². The molecule has 2 atom stereocenters. The number of rotatable bonds is 13. The van der Waals surface area contributed by atoms with Crippen molar-refractivity contribution in [1.29, 1.82) is 0 Å². The van der Waals surface area contributed by atoms with Crippen LogP contribution in [0.2, 0.25) is 0 Å². The summed E-state index contributed by atoms with van der Waals surface area (Å²) in [5.74, 6) is 1.07. The molecule has 0 saturated heterocycles. The molecule has 0 bridgehead atoms. The molecule has 2 unspecified atom stereocenters. The maximum Gasteiger partial charge on any atom is 0.219 e. The monoisotopic (exact) mass is 369 g/mol. The Bertz CT molecular complexity index is 335. The molecule has 0 aromatic heterocycles. The molecule has 1 saturated carbocycles. The number of hydrogen-bond donors (Lipinski definition) is 1. The molecule has 26 heavy (non-hydrogen) atoms. The van der Waals surface area contributed by atoms with Crippen molar-refractivity contribution in [1.82, 2.24) is 5.32 Å². The van der Waals surface area contributed by atoms with Crippen molar-refractivity contribution < 1.29 is 14.3 Å². The molecule has 0 spiro atoms. The van der Waals surface area contributed by atoms with E-state index in [9.17, 15) is 4.79 Å². The molecule has 1 rings (SSSR count). The Balaban J connectivity index is 1.96. The normalized spacial score (nSPS) is 21.6. The maximum absolute atomic E-state index is 11.6. The molecule has 4 nitrogen and oxygen atoms in total. The summed E-state index contributed by atoms with van der Waals surface area (Å²) in [7, 11) is 0. The lowest BCUT2D eigenvalue weighted by Crippen LogP contribution is -2.25. The van der Waals surface area contributed by atoms with Gasteiger partial charge in [0.25, 0.3) is 0 Å². The Labute approximate surface area is 161 Å². The number of hydrogen-bond acceptors (Lipinski definition) is 3. The molecule has 0 aromatic rings. The molecule has 0 aliphatic heterocycles. The second-order valence-electron chi connectivity index (χ2n) is 7.76. The van der Waals surface area contributed by atoms with Crippen LogP contribution >= 0.6 is 0 Å². The third kappa shape index (κ3) is 12.7. The van der Waals surface area contributed by atoms with Gasteiger partial charge in [-0.15, -0.1) is 0 Å². The van der Waals surface area contributed by atoms with Crippen molar-refractivity contribution in [2.75, 3.05) is 26.4 Å². The third-order valence-corrected chi connectivity index (χ3v) is 5.49. The fourth-order valence-corrected chi connectivity index (χ4v) is 3.67. The molecule has 0 radical (unpaired) electrons. The van der Waals surface area contributed by atoms with E-state index in [4.69, 9.17) is 9.47 Å². The van der Waals surface area contributed by atoms with Crippen molar-refractivity contribution in [2.45, 2.75) is 103 Å². The van der Waals surface area contributed by atoms with Gasteiger partial charge in [0.1, 0.15) is 0 Å². The van der Waals surface area contributed by atoms with Crippen molar-refractivity contribution in [2.24, 2.45) is 5.92 Å². The van der Waals surface area contributed by atoms with Crippen LogP contribution in [-0.4, -0.2) is 38.4 Å². The van der Waals surface area contributed by atoms with Gasteiger partial charge in [-0.25, -0.2) is 0 Å². The van der Waals surface area contributed by atoms with Crippen molar-refractivity contribution >= 4 is 5.91 Å². The standard InChI is InChI=1S/C22H43NO3/c1-3-5-7-13-22(24)23-16-10-17-25-18-19-26-21-12-9-6-8-11-20(4-2)14-15-21/h20-21H,3-19H2,1-2H3,(H,23,24). The van der Waals surface area contributed by atoms with Crippen molar-refractivity contribution in [3.63, 3.8) is 0 Å². The van der Waals surface area contributed by atoms with E-state index in [0.717, 1.165) is 31.6 Å². The first-order chi connectivity index (χ1) is 12.8. The molecule has 1 aliphatic rings. The average Bonchev–Trinajstić information content (AvgIpc) is 2.76. The minimum absolute atomic E-state index is 0.173. The molecule has 4 heteroatoms. The zero-order chi connectivity index (χ0) is 18.9. The predicted octanol–water partition coefficient (Wildman–Crippen LogP) is 5.25. The highest BCUT2D eigenvalue weighted by Crippen LogP contribution is 2.25. The predicted molar refractivity (Wildman–Crippen MR) is 108 cm³/mol. The molecule has 0 heterocycles. The topological polar surface area (TPSA) is 47.6 Å². The summed E-state index contributed by atoms with van der Waals surface area (Å²) in [5, 5.41) is 2.96. The smallest absolute Gasteiger partial charge is 0.219 e. The quantitative estimate of drug-likeness (QED) is 0.451. The summed E-state index contributed by atoms with van der Waals surface area (Å²) in [6, 6.07) is 0. The van der Waals surface area contributed by atoms with Crippen LogP contribution in [0.3, 0.4) is 0 Å². The van der Waals surface area contributed by atoms with Gasteiger partial charge in [0, 0.05) is 19.6 Å². The number of unbranched alkanes of at least 4 members (excludes halogenated alkanes) is 2. The highest BCUT2D eigenvalue weighted by molar-refractivity contribution is 5.75. The lowest BCUT2D eigenvalue weighted by molar-refractivity contribution is -0.121. The highest BCUT2D eigenvalue weighted by atomic mass is 16.5. The number of amides is 1. The van der Waals surface area contributed by atoms with Crippen molar-refractivity contribution in [3.8, 4) is 0 Å².